The van der Waals surface area contributed by atoms with Gasteiger partial charge in [-0.1, -0.05) is 37.3 Å². The summed E-state index contributed by atoms with van der Waals surface area (Å²) < 4.78 is 0. The monoisotopic (exact) mass is 248 g/mol. The molecule has 0 amide bonds. The maximum absolute atomic E-state index is 9.14. The van der Waals surface area contributed by atoms with Crippen molar-refractivity contribution in [3.63, 3.8) is 0 Å². The van der Waals surface area contributed by atoms with E-state index in [1.165, 1.54) is 0 Å². The minimum absolute atomic E-state index is 0.0409. The van der Waals surface area contributed by atoms with Gasteiger partial charge in [-0.15, -0.1) is 0 Å². The van der Waals surface area contributed by atoms with Crippen LogP contribution in [0.1, 0.15) is 24.8 Å². The zero-order valence-electron chi connectivity index (χ0n) is 10.5. The van der Waals surface area contributed by atoms with E-state index in [-0.39, 0.29) is 5.92 Å². The topological polar surface area (TPSA) is 35.8 Å². The summed E-state index contributed by atoms with van der Waals surface area (Å²) >= 11 is 1.88. The highest BCUT2D eigenvalue weighted by molar-refractivity contribution is 7.99. The van der Waals surface area contributed by atoms with Gasteiger partial charge in [0.05, 0.1) is 12.0 Å². The fraction of sp³-hybridized carbons (Fsp3) is 0.500. The smallest absolute Gasteiger partial charge is 0.0837 e. The number of rotatable bonds is 7. The first kappa shape index (κ1) is 14.1. The maximum Gasteiger partial charge on any atom is 0.0837 e. The summed E-state index contributed by atoms with van der Waals surface area (Å²) in [6, 6.07) is 12.3. The Morgan fingerprint density at radius 1 is 1.35 bits per heavy atom. The molecule has 0 aromatic heterocycles. The average molecular weight is 248 g/mol. The third-order valence-corrected chi connectivity index (χ3v) is 3.88. The molecule has 0 saturated carbocycles. The number of benzene rings is 1. The highest BCUT2D eigenvalue weighted by atomic mass is 32.2. The maximum atomic E-state index is 9.14. The summed E-state index contributed by atoms with van der Waals surface area (Å²) in [6.45, 7) is 3.94. The number of hydrogen-bond acceptors (Lipinski definition) is 3. The van der Waals surface area contributed by atoms with Crippen LogP contribution in [-0.4, -0.2) is 24.6 Å². The van der Waals surface area contributed by atoms with Gasteiger partial charge < -0.3 is 5.32 Å². The van der Waals surface area contributed by atoms with Crippen LogP contribution in [-0.2, 0) is 0 Å². The molecule has 0 aliphatic carbocycles. The zero-order valence-corrected chi connectivity index (χ0v) is 11.3. The molecule has 0 radical (unpaired) electrons. The highest BCUT2D eigenvalue weighted by Crippen LogP contribution is 2.13. The molecule has 0 saturated heterocycles. The van der Waals surface area contributed by atoms with Gasteiger partial charge in [-0.25, -0.2) is 0 Å². The molecule has 0 aliphatic rings. The fourth-order valence-corrected chi connectivity index (χ4v) is 1.95. The molecule has 1 N–H and O–H groups in total. The normalized spacial score (nSPS) is 13.9. The van der Waals surface area contributed by atoms with Crippen molar-refractivity contribution in [3.8, 4) is 6.07 Å². The van der Waals surface area contributed by atoms with E-state index in [0.29, 0.717) is 5.25 Å². The summed E-state index contributed by atoms with van der Waals surface area (Å²) in [5.41, 5.74) is 1.10. The molecule has 2 unspecified atom stereocenters. The number of nitrogens with zero attached hydrogens (tertiary/aromatic N) is 1. The molecule has 92 valence electrons. The van der Waals surface area contributed by atoms with Gasteiger partial charge in [0.1, 0.15) is 0 Å². The molecule has 2 atom stereocenters. The quantitative estimate of drug-likeness (QED) is 0.753. The number of thioether (sulfide) groups is 1. The molecular formula is C14H20N2S. The van der Waals surface area contributed by atoms with Crippen LogP contribution in [0.5, 0.6) is 0 Å². The zero-order chi connectivity index (χ0) is 12.5. The van der Waals surface area contributed by atoms with Gasteiger partial charge in [-0.2, -0.15) is 17.0 Å². The molecule has 0 spiro atoms. The van der Waals surface area contributed by atoms with Gasteiger partial charge in [0, 0.05) is 11.8 Å². The fourth-order valence-electron chi connectivity index (χ4n) is 1.59. The third-order valence-electron chi connectivity index (χ3n) is 2.84. The Morgan fingerprint density at radius 2 is 2.06 bits per heavy atom. The first-order valence-electron chi connectivity index (χ1n) is 5.96. The molecular weight excluding hydrogens is 228 g/mol. The van der Waals surface area contributed by atoms with Crippen LogP contribution in [0.3, 0.4) is 0 Å². The number of nitrogens with one attached hydrogen (secondary N) is 1. The molecule has 0 fully saturated rings. The predicted octanol–water partition coefficient (Wildman–Crippen LogP) is 3.02. The Kier molecular flexibility index (Phi) is 6.76. The van der Waals surface area contributed by atoms with Gasteiger partial charge in [0.25, 0.3) is 0 Å². The van der Waals surface area contributed by atoms with Gasteiger partial charge in [-0.05, 0) is 24.8 Å². The van der Waals surface area contributed by atoms with Crippen molar-refractivity contribution in [3.05, 3.63) is 35.9 Å². The summed E-state index contributed by atoms with van der Waals surface area (Å²) in [7, 11) is 0. The molecule has 1 aromatic carbocycles. The van der Waals surface area contributed by atoms with Gasteiger partial charge >= 0.3 is 0 Å². The number of hydrogen-bond donors (Lipinski definition) is 1. The van der Waals surface area contributed by atoms with Crippen LogP contribution in [0.4, 0.5) is 0 Å². The van der Waals surface area contributed by atoms with E-state index in [4.69, 9.17) is 5.26 Å². The lowest BCUT2D eigenvalue weighted by molar-refractivity contribution is 0.623. The van der Waals surface area contributed by atoms with E-state index in [2.05, 4.69) is 24.6 Å². The first-order valence-corrected chi connectivity index (χ1v) is 7.24. The van der Waals surface area contributed by atoms with Gasteiger partial charge in [0.15, 0.2) is 0 Å². The molecule has 0 heterocycles. The third kappa shape index (κ3) is 5.25. The second-order valence-electron chi connectivity index (χ2n) is 4.13. The summed E-state index contributed by atoms with van der Waals surface area (Å²) in [5, 5.41) is 13.2. The van der Waals surface area contributed by atoms with Gasteiger partial charge in [-0.3, -0.25) is 0 Å². The molecule has 0 aliphatic heterocycles. The SMILES string of the molecule is CSC(C)CCNCC(C#N)c1ccccc1. The Bertz CT molecular complexity index is 345. The lowest BCUT2D eigenvalue weighted by Gasteiger charge is -2.12. The largest absolute Gasteiger partial charge is 0.315 e. The second-order valence-corrected chi connectivity index (χ2v) is 5.41. The van der Waals surface area contributed by atoms with E-state index >= 15 is 0 Å². The summed E-state index contributed by atoms with van der Waals surface area (Å²) in [5.74, 6) is -0.0409. The van der Waals surface area contributed by atoms with E-state index in [1.807, 2.05) is 42.1 Å². The standard InChI is InChI=1S/C14H20N2S/c1-12(17-2)8-9-16-11-14(10-15)13-6-4-3-5-7-13/h3-7,12,14,16H,8-9,11H2,1-2H3. The van der Waals surface area contributed by atoms with Gasteiger partial charge in [0.2, 0.25) is 0 Å². The van der Waals surface area contributed by atoms with Crippen molar-refractivity contribution in [2.75, 3.05) is 19.3 Å². The minimum atomic E-state index is -0.0409. The molecule has 1 rings (SSSR count). The molecule has 0 bridgehead atoms. The minimum Gasteiger partial charge on any atom is -0.315 e. The van der Waals surface area contributed by atoms with Crippen molar-refractivity contribution >= 4 is 11.8 Å². The summed E-state index contributed by atoms with van der Waals surface area (Å²) in [6.07, 6.45) is 3.28. The predicted molar refractivity (Wildman–Crippen MR) is 75.3 cm³/mol. The average Bonchev–Trinajstić information content (AvgIpc) is 2.39. The van der Waals surface area contributed by atoms with E-state index < -0.39 is 0 Å². The molecule has 17 heavy (non-hydrogen) atoms. The van der Waals surface area contributed by atoms with Crippen LogP contribution in [0.2, 0.25) is 0 Å². The molecule has 2 nitrogen and oxygen atoms in total. The highest BCUT2D eigenvalue weighted by Gasteiger charge is 2.09. The van der Waals surface area contributed by atoms with Crippen LogP contribution in [0.15, 0.2) is 30.3 Å². The molecule has 1 aromatic rings. The summed E-state index contributed by atoms with van der Waals surface area (Å²) in [4.78, 5) is 0. The molecule has 3 heteroatoms. The Hall–Kier alpha value is -0.980. The van der Waals surface area contributed by atoms with E-state index in [1.54, 1.807) is 0 Å². The Labute approximate surface area is 108 Å². The lowest BCUT2D eigenvalue weighted by Crippen LogP contribution is -2.23. The van der Waals surface area contributed by atoms with Crippen molar-refractivity contribution in [2.45, 2.75) is 24.5 Å². The van der Waals surface area contributed by atoms with E-state index in [9.17, 15) is 0 Å². The van der Waals surface area contributed by atoms with Crippen molar-refractivity contribution in [2.24, 2.45) is 0 Å². The lowest BCUT2D eigenvalue weighted by atomic mass is 10.0. The second kappa shape index (κ2) is 8.16. The van der Waals surface area contributed by atoms with Crippen LogP contribution in [0.25, 0.3) is 0 Å². The van der Waals surface area contributed by atoms with Crippen LogP contribution >= 0.6 is 11.8 Å². The van der Waals surface area contributed by atoms with Crippen molar-refractivity contribution in [1.29, 1.82) is 5.26 Å². The Morgan fingerprint density at radius 3 is 2.65 bits per heavy atom. The number of nitriles is 1. The van der Waals surface area contributed by atoms with Crippen molar-refractivity contribution < 1.29 is 0 Å². The first-order chi connectivity index (χ1) is 8.27. The van der Waals surface area contributed by atoms with Crippen LogP contribution in [0, 0.1) is 11.3 Å². The van der Waals surface area contributed by atoms with E-state index in [0.717, 1.165) is 25.1 Å². The van der Waals surface area contributed by atoms with Crippen molar-refractivity contribution in [1.82, 2.24) is 5.32 Å². The Balaban J connectivity index is 2.32. The van der Waals surface area contributed by atoms with Crippen LogP contribution < -0.4 is 5.32 Å².